The third-order valence-corrected chi connectivity index (χ3v) is 5.52. The molecule has 6 nitrogen and oxygen atoms in total. The number of hydrogen-bond donors (Lipinski definition) is 2. The van der Waals surface area contributed by atoms with E-state index in [1.807, 2.05) is 22.9 Å². The summed E-state index contributed by atoms with van der Waals surface area (Å²) in [5.74, 6) is -1.14. The van der Waals surface area contributed by atoms with E-state index in [9.17, 15) is 14.0 Å². The highest BCUT2D eigenvalue weighted by molar-refractivity contribution is 7.17. The number of carbonyl (C=O) groups is 2. The van der Waals surface area contributed by atoms with Gasteiger partial charge < -0.3 is 4.57 Å². The predicted molar refractivity (Wildman–Crippen MR) is 112 cm³/mol. The molecular formula is C22H17FN4O2S. The second-order valence-electron chi connectivity index (χ2n) is 6.51. The van der Waals surface area contributed by atoms with Crippen molar-refractivity contribution in [3.63, 3.8) is 0 Å². The average molecular weight is 420 g/mol. The van der Waals surface area contributed by atoms with Gasteiger partial charge in [0.1, 0.15) is 5.82 Å². The first-order chi connectivity index (χ1) is 14.6. The normalized spacial score (nSPS) is 10.6. The highest BCUT2D eigenvalue weighted by atomic mass is 32.1. The molecule has 0 aliphatic heterocycles. The molecule has 2 amide bonds. The van der Waals surface area contributed by atoms with Crippen molar-refractivity contribution < 1.29 is 14.0 Å². The van der Waals surface area contributed by atoms with Crippen LogP contribution in [0.5, 0.6) is 0 Å². The van der Waals surface area contributed by atoms with Crippen LogP contribution >= 0.6 is 11.3 Å². The van der Waals surface area contributed by atoms with Crippen molar-refractivity contribution in [2.45, 2.75) is 6.54 Å². The topological polar surface area (TPSA) is 76.0 Å². The van der Waals surface area contributed by atoms with Gasteiger partial charge in [-0.1, -0.05) is 24.3 Å². The van der Waals surface area contributed by atoms with Gasteiger partial charge in [0.15, 0.2) is 0 Å². The van der Waals surface area contributed by atoms with E-state index in [0.717, 1.165) is 16.0 Å². The molecule has 0 atom stereocenters. The highest BCUT2D eigenvalue weighted by Crippen LogP contribution is 2.28. The summed E-state index contributed by atoms with van der Waals surface area (Å²) < 4.78 is 15.0. The largest absolute Gasteiger partial charge is 0.333 e. The molecule has 4 rings (SSSR count). The average Bonchev–Trinajstić information content (AvgIpc) is 3.45. The standard InChI is InChI=1S/C22H17FN4O2S/c23-18-7-5-16(6-8-18)19-9-10-20(30-19)22(29)26-25-21(28)17-3-1-15(2-4-17)13-27-12-11-24-14-27/h1-12,14H,13H2,(H,25,28)(H,26,29). The van der Waals surface area contributed by atoms with Crippen LogP contribution in [0.4, 0.5) is 4.39 Å². The number of carbonyl (C=O) groups excluding carboxylic acids is 2. The SMILES string of the molecule is O=C(NNC(=O)c1ccc(-c2ccc(F)cc2)s1)c1ccc(Cn2ccnc2)cc1. The van der Waals surface area contributed by atoms with E-state index in [1.54, 1.807) is 48.9 Å². The minimum Gasteiger partial charge on any atom is -0.333 e. The van der Waals surface area contributed by atoms with Gasteiger partial charge in [-0.25, -0.2) is 9.37 Å². The number of nitrogens with one attached hydrogen (secondary N) is 2. The van der Waals surface area contributed by atoms with Crippen LogP contribution in [0, 0.1) is 5.82 Å². The number of thiophene rings is 1. The molecule has 0 saturated carbocycles. The number of amides is 2. The number of hydrazine groups is 1. The number of halogens is 1. The predicted octanol–water partition coefficient (Wildman–Crippen LogP) is 3.87. The molecule has 0 fully saturated rings. The van der Waals surface area contributed by atoms with Gasteiger partial charge >= 0.3 is 0 Å². The summed E-state index contributed by atoms with van der Waals surface area (Å²) in [5, 5.41) is 0. The zero-order valence-corrected chi connectivity index (χ0v) is 16.5. The second kappa shape index (κ2) is 8.71. The van der Waals surface area contributed by atoms with Gasteiger partial charge in [0, 0.05) is 29.4 Å². The van der Waals surface area contributed by atoms with Crippen molar-refractivity contribution in [1.82, 2.24) is 20.4 Å². The molecule has 2 heterocycles. The van der Waals surface area contributed by atoms with Crippen LogP contribution in [0.25, 0.3) is 10.4 Å². The molecule has 0 bridgehead atoms. The summed E-state index contributed by atoms with van der Waals surface area (Å²) in [4.78, 5) is 29.9. The summed E-state index contributed by atoms with van der Waals surface area (Å²) >= 11 is 1.26. The van der Waals surface area contributed by atoms with Crippen molar-refractivity contribution in [3.05, 3.63) is 101 Å². The van der Waals surface area contributed by atoms with E-state index in [-0.39, 0.29) is 5.82 Å². The molecule has 8 heteroatoms. The van der Waals surface area contributed by atoms with E-state index >= 15 is 0 Å². The Morgan fingerprint density at radius 3 is 2.37 bits per heavy atom. The smallest absolute Gasteiger partial charge is 0.279 e. The molecule has 0 unspecified atom stereocenters. The Morgan fingerprint density at radius 2 is 1.67 bits per heavy atom. The summed E-state index contributed by atoms with van der Waals surface area (Å²) in [6, 6.07) is 16.6. The molecule has 30 heavy (non-hydrogen) atoms. The highest BCUT2D eigenvalue weighted by Gasteiger charge is 2.12. The maximum Gasteiger partial charge on any atom is 0.279 e. The Morgan fingerprint density at radius 1 is 0.933 bits per heavy atom. The molecular weight excluding hydrogens is 403 g/mol. The van der Waals surface area contributed by atoms with Gasteiger partial charge in [-0.05, 0) is 47.5 Å². The first-order valence-electron chi connectivity index (χ1n) is 9.09. The van der Waals surface area contributed by atoms with E-state index in [1.165, 1.54) is 23.5 Å². The lowest BCUT2D eigenvalue weighted by Gasteiger charge is -2.07. The number of rotatable bonds is 5. The van der Waals surface area contributed by atoms with Gasteiger partial charge in [0.25, 0.3) is 11.8 Å². The Bertz CT molecular complexity index is 1150. The number of aromatic nitrogens is 2. The van der Waals surface area contributed by atoms with Crippen LogP contribution < -0.4 is 10.9 Å². The number of imidazole rings is 1. The third kappa shape index (κ3) is 4.61. The summed E-state index contributed by atoms with van der Waals surface area (Å²) in [6.45, 7) is 0.660. The zero-order valence-electron chi connectivity index (χ0n) is 15.7. The maximum absolute atomic E-state index is 13.1. The fraction of sp³-hybridized carbons (Fsp3) is 0.0455. The van der Waals surface area contributed by atoms with Gasteiger partial charge in [-0.2, -0.15) is 0 Å². The molecule has 0 spiro atoms. The second-order valence-corrected chi connectivity index (χ2v) is 7.59. The van der Waals surface area contributed by atoms with Gasteiger partial charge in [0.05, 0.1) is 11.2 Å². The van der Waals surface area contributed by atoms with Crippen molar-refractivity contribution in [2.75, 3.05) is 0 Å². The zero-order chi connectivity index (χ0) is 20.9. The van der Waals surface area contributed by atoms with E-state index in [2.05, 4.69) is 15.8 Å². The fourth-order valence-electron chi connectivity index (χ4n) is 2.83. The molecule has 4 aromatic rings. The summed E-state index contributed by atoms with van der Waals surface area (Å²) in [5.41, 5.74) is 7.12. The molecule has 150 valence electrons. The van der Waals surface area contributed by atoms with Crippen molar-refractivity contribution in [3.8, 4) is 10.4 Å². The fourth-order valence-corrected chi connectivity index (χ4v) is 3.74. The van der Waals surface area contributed by atoms with Crippen LogP contribution in [-0.2, 0) is 6.54 Å². The van der Waals surface area contributed by atoms with Crippen LogP contribution in [0.1, 0.15) is 25.6 Å². The first kappa shape index (κ1) is 19.5. The molecule has 0 radical (unpaired) electrons. The lowest BCUT2D eigenvalue weighted by atomic mass is 10.1. The molecule has 2 aromatic heterocycles. The van der Waals surface area contributed by atoms with Gasteiger partial charge in [0.2, 0.25) is 0 Å². The molecule has 2 aromatic carbocycles. The lowest BCUT2D eigenvalue weighted by molar-refractivity contribution is 0.0849. The van der Waals surface area contributed by atoms with E-state index in [0.29, 0.717) is 17.0 Å². The number of nitrogens with zero attached hydrogens (tertiary/aromatic N) is 2. The quantitative estimate of drug-likeness (QED) is 0.481. The lowest BCUT2D eigenvalue weighted by Crippen LogP contribution is -2.41. The minimum absolute atomic E-state index is 0.314. The molecule has 0 aliphatic carbocycles. The van der Waals surface area contributed by atoms with Crippen molar-refractivity contribution in [1.29, 1.82) is 0 Å². The Labute approximate surface area is 176 Å². The summed E-state index contributed by atoms with van der Waals surface area (Å²) in [7, 11) is 0. The summed E-state index contributed by atoms with van der Waals surface area (Å²) in [6.07, 6.45) is 5.30. The van der Waals surface area contributed by atoms with Crippen LogP contribution in [0.2, 0.25) is 0 Å². The number of benzene rings is 2. The van der Waals surface area contributed by atoms with Gasteiger partial charge in [-0.15, -0.1) is 11.3 Å². The number of hydrogen-bond acceptors (Lipinski definition) is 4. The molecule has 2 N–H and O–H groups in total. The van der Waals surface area contributed by atoms with E-state index in [4.69, 9.17) is 0 Å². The Balaban J connectivity index is 1.33. The van der Waals surface area contributed by atoms with Crippen molar-refractivity contribution in [2.24, 2.45) is 0 Å². The van der Waals surface area contributed by atoms with Crippen molar-refractivity contribution >= 4 is 23.2 Å². The monoisotopic (exact) mass is 420 g/mol. The first-order valence-corrected chi connectivity index (χ1v) is 9.91. The Hall–Kier alpha value is -3.78. The Kier molecular flexibility index (Phi) is 5.67. The maximum atomic E-state index is 13.1. The minimum atomic E-state index is -0.418. The third-order valence-electron chi connectivity index (χ3n) is 4.39. The molecule has 0 saturated heterocycles. The van der Waals surface area contributed by atoms with Crippen LogP contribution in [0.15, 0.2) is 79.4 Å². The van der Waals surface area contributed by atoms with Gasteiger partial charge in [-0.3, -0.25) is 20.4 Å². The van der Waals surface area contributed by atoms with Crippen LogP contribution in [0.3, 0.4) is 0 Å². The molecule has 0 aliphatic rings. The van der Waals surface area contributed by atoms with E-state index < -0.39 is 11.8 Å². The van der Waals surface area contributed by atoms with Crippen LogP contribution in [-0.4, -0.2) is 21.4 Å².